The van der Waals surface area contributed by atoms with E-state index < -0.39 is 5.54 Å². The molecule has 1 heterocycles. The fourth-order valence-corrected chi connectivity index (χ4v) is 4.41. The molecule has 2 fully saturated rings. The van der Waals surface area contributed by atoms with E-state index in [9.17, 15) is 9.59 Å². The average molecular weight is 403 g/mol. The molecular weight excluding hydrogens is 368 g/mol. The van der Waals surface area contributed by atoms with E-state index in [1.807, 2.05) is 39.0 Å². The molecule has 0 aromatic heterocycles. The van der Waals surface area contributed by atoms with Crippen molar-refractivity contribution in [2.24, 2.45) is 0 Å². The largest absolute Gasteiger partial charge is 0.490 e. The van der Waals surface area contributed by atoms with E-state index in [4.69, 9.17) is 9.47 Å². The summed E-state index contributed by atoms with van der Waals surface area (Å²) in [5, 5.41) is 3.19. The summed E-state index contributed by atoms with van der Waals surface area (Å²) in [4.78, 5) is 27.3. The molecule has 0 unspecified atom stereocenters. The Morgan fingerprint density at radius 2 is 1.86 bits per heavy atom. The molecule has 1 atom stereocenters. The molecule has 1 aliphatic heterocycles. The Balaban J connectivity index is 1.68. The highest BCUT2D eigenvalue weighted by Gasteiger charge is 2.47. The second-order valence-electron chi connectivity index (χ2n) is 8.17. The molecule has 2 aliphatic rings. The molecule has 0 radical (unpaired) electrons. The smallest absolute Gasteiger partial charge is 0.245 e. The molecule has 1 saturated heterocycles. The van der Waals surface area contributed by atoms with Gasteiger partial charge in [-0.25, -0.2) is 0 Å². The van der Waals surface area contributed by atoms with E-state index in [1.165, 1.54) is 12.8 Å². The first kappa shape index (κ1) is 21.5. The number of carbonyl (C=O) groups is 2. The summed E-state index contributed by atoms with van der Waals surface area (Å²) in [6.45, 7) is 7.46. The molecule has 1 aromatic rings. The Morgan fingerprint density at radius 3 is 2.55 bits per heavy atom. The fraction of sp³-hybridized carbons (Fsp3) is 0.652. The molecule has 3 rings (SSSR count). The van der Waals surface area contributed by atoms with Crippen LogP contribution in [0.25, 0.3) is 0 Å². The lowest BCUT2D eigenvalue weighted by Gasteiger charge is -2.35. The summed E-state index contributed by atoms with van der Waals surface area (Å²) in [5.41, 5.74) is 0.309. The van der Waals surface area contributed by atoms with Crippen LogP contribution in [0.4, 0.5) is 0 Å². The number of likely N-dealkylation sites (tertiary alicyclic amines) is 1. The Kier molecular flexibility index (Phi) is 7.04. The minimum Gasteiger partial charge on any atom is -0.490 e. The first-order valence-electron chi connectivity index (χ1n) is 11.0. The van der Waals surface area contributed by atoms with Crippen LogP contribution in [0.3, 0.4) is 0 Å². The van der Waals surface area contributed by atoms with Crippen LogP contribution >= 0.6 is 0 Å². The van der Waals surface area contributed by atoms with Crippen molar-refractivity contribution in [3.63, 3.8) is 0 Å². The van der Waals surface area contributed by atoms with Crippen LogP contribution in [0, 0.1) is 0 Å². The topological polar surface area (TPSA) is 67.9 Å². The van der Waals surface area contributed by atoms with Gasteiger partial charge in [0, 0.05) is 19.0 Å². The highest BCUT2D eigenvalue weighted by atomic mass is 16.5. The minimum atomic E-state index is -0.756. The second-order valence-corrected chi connectivity index (χ2v) is 8.17. The molecule has 6 heteroatoms. The van der Waals surface area contributed by atoms with E-state index in [0.29, 0.717) is 39.0 Å². The lowest BCUT2D eigenvalue weighted by molar-refractivity contribution is -0.140. The van der Waals surface area contributed by atoms with Crippen molar-refractivity contribution >= 4 is 11.8 Å². The lowest BCUT2D eigenvalue weighted by atomic mass is 9.96. The first-order valence-corrected chi connectivity index (χ1v) is 11.0. The van der Waals surface area contributed by atoms with Gasteiger partial charge in [0.1, 0.15) is 5.54 Å². The van der Waals surface area contributed by atoms with Crippen molar-refractivity contribution in [2.75, 3.05) is 19.8 Å². The Bertz CT molecular complexity index is 730. The minimum absolute atomic E-state index is 0.00282. The highest BCUT2D eigenvalue weighted by Crippen LogP contribution is 2.33. The van der Waals surface area contributed by atoms with E-state index >= 15 is 0 Å². The van der Waals surface area contributed by atoms with Crippen molar-refractivity contribution in [1.82, 2.24) is 10.2 Å². The maximum Gasteiger partial charge on any atom is 0.245 e. The van der Waals surface area contributed by atoms with Gasteiger partial charge in [0.2, 0.25) is 11.8 Å². The van der Waals surface area contributed by atoms with Crippen LogP contribution in [0.5, 0.6) is 11.5 Å². The third-order valence-corrected chi connectivity index (χ3v) is 6.13. The molecule has 1 aromatic carbocycles. The van der Waals surface area contributed by atoms with Crippen LogP contribution in [0.15, 0.2) is 18.2 Å². The molecule has 2 amide bonds. The molecule has 1 saturated carbocycles. The van der Waals surface area contributed by atoms with Gasteiger partial charge in [-0.2, -0.15) is 0 Å². The maximum atomic E-state index is 13.0. The fourth-order valence-electron chi connectivity index (χ4n) is 4.41. The van der Waals surface area contributed by atoms with Gasteiger partial charge in [-0.15, -0.1) is 0 Å². The van der Waals surface area contributed by atoms with Gasteiger partial charge in [0.05, 0.1) is 13.2 Å². The summed E-state index contributed by atoms with van der Waals surface area (Å²) < 4.78 is 11.3. The van der Waals surface area contributed by atoms with Crippen molar-refractivity contribution in [2.45, 2.75) is 77.3 Å². The predicted molar refractivity (Wildman–Crippen MR) is 112 cm³/mol. The maximum absolute atomic E-state index is 13.0. The summed E-state index contributed by atoms with van der Waals surface area (Å²) >= 11 is 0. The van der Waals surface area contributed by atoms with Gasteiger partial charge in [-0.1, -0.05) is 18.9 Å². The van der Waals surface area contributed by atoms with Crippen LogP contribution in [-0.4, -0.2) is 48.1 Å². The zero-order valence-corrected chi connectivity index (χ0v) is 18.0. The lowest BCUT2D eigenvalue weighted by Crippen LogP contribution is -2.56. The molecule has 1 aliphatic carbocycles. The number of amides is 2. The second kappa shape index (κ2) is 9.51. The molecule has 6 nitrogen and oxygen atoms in total. The van der Waals surface area contributed by atoms with E-state index in [-0.39, 0.29) is 17.9 Å². The zero-order valence-electron chi connectivity index (χ0n) is 18.0. The molecular formula is C23H34N2O4. The summed E-state index contributed by atoms with van der Waals surface area (Å²) in [6.07, 6.45) is 6.11. The SMILES string of the molecule is CCOc1ccc(CCN2C(=O)CC[C@@]2(C)C(=O)NC2CCCC2)cc1OCC. The van der Waals surface area contributed by atoms with Crippen molar-refractivity contribution in [3.05, 3.63) is 23.8 Å². The molecule has 0 spiro atoms. The van der Waals surface area contributed by atoms with Crippen molar-refractivity contribution in [3.8, 4) is 11.5 Å². The van der Waals surface area contributed by atoms with Gasteiger partial charge < -0.3 is 19.7 Å². The monoisotopic (exact) mass is 402 g/mol. The molecule has 29 heavy (non-hydrogen) atoms. The van der Waals surface area contributed by atoms with Crippen LogP contribution in [0.1, 0.15) is 64.9 Å². The summed E-state index contributed by atoms with van der Waals surface area (Å²) in [5.74, 6) is 1.51. The van der Waals surface area contributed by atoms with E-state index in [0.717, 1.165) is 29.9 Å². The Morgan fingerprint density at radius 1 is 1.17 bits per heavy atom. The number of benzene rings is 1. The van der Waals surface area contributed by atoms with E-state index in [1.54, 1.807) is 4.90 Å². The van der Waals surface area contributed by atoms with Gasteiger partial charge in [0.25, 0.3) is 0 Å². The van der Waals surface area contributed by atoms with Crippen molar-refractivity contribution < 1.29 is 19.1 Å². The number of hydrogen-bond donors (Lipinski definition) is 1. The van der Waals surface area contributed by atoms with Gasteiger partial charge >= 0.3 is 0 Å². The van der Waals surface area contributed by atoms with Crippen LogP contribution in [-0.2, 0) is 16.0 Å². The average Bonchev–Trinajstić information content (AvgIpc) is 3.31. The molecule has 0 bridgehead atoms. The third-order valence-electron chi connectivity index (χ3n) is 6.13. The predicted octanol–water partition coefficient (Wildman–Crippen LogP) is 3.47. The number of nitrogens with zero attached hydrogens (tertiary/aromatic N) is 1. The Hall–Kier alpha value is -2.24. The highest BCUT2D eigenvalue weighted by molar-refractivity contribution is 5.94. The quantitative estimate of drug-likeness (QED) is 0.687. The van der Waals surface area contributed by atoms with E-state index in [2.05, 4.69) is 5.32 Å². The standard InChI is InChI=1S/C23H34N2O4/c1-4-28-19-11-10-17(16-20(19)29-5-2)13-15-25-21(26)12-14-23(25,3)22(27)24-18-8-6-7-9-18/h10-11,16,18H,4-9,12-15H2,1-3H3,(H,24,27)/t23-/m0/s1. The van der Waals surface area contributed by atoms with Gasteiger partial charge in [0.15, 0.2) is 11.5 Å². The zero-order chi connectivity index (χ0) is 20.9. The molecule has 160 valence electrons. The summed E-state index contributed by atoms with van der Waals surface area (Å²) in [6, 6.07) is 6.16. The normalized spacial score (nSPS) is 22.2. The number of nitrogens with one attached hydrogen (secondary N) is 1. The van der Waals surface area contributed by atoms with Gasteiger partial charge in [-0.05, 0) is 64.2 Å². The number of carbonyl (C=O) groups excluding carboxylic acids is 2. The first-order chi connectivity index (χ1) is 14.0. The van der Waals surface area contributed by atoms with Gasteiger partial charge in [-0.3, -0.25) is 9.59 Å². The summed E-state index contributed by atoms with van der Waals surface area (Å²) in [7, 11) is 0. The number of ether oxygens (including phenoxy) is 2. The Labute approximate surface area is 173 Å². The van der Waals surface area contributed by atoms with Crippen molar-refractivity contribution in [1.29, 1.82) is 0 Å². The third kappa shape index (κ3) is 4.85. The number of hydrogen-bond acceptors (Lipinski definition) is 4. The number of rotatable bonds is 9. The molecule has 1 N–H and O–H groups in total. The van der Waals surface area contributed by atoms with Crippen LogP contribution < -0.4 is 14.8 Å². The van der Waals surface area contributed by atoms with Crippen LogP contribution in [0.2, 0.25) is 0 Å².